The first-order chi connectivity index (χ1) is 11.3. The third-order valence-electron chi connectivity index (χ3n) is 3.46. The fourth-order valence-electron chi connectivity index (χ4n) is 2.27. The first-order valence-corrected chi connectivity index (χ1v) is 9.05. The van der Waals surface area contributed by atoms with Crippen LogP contribution in [0, 0.1) is 12.7 Å². The standard InChI is InChI=1S/C16H12BrF4NO2S/c1-8-3-4-15(25(22,23)24)12(5-8)11-6-13(17)14(18)7-10(11)9(2)16(19,20)21/h3-7H,2H2,1H3,(H2,22,23,24). The molecule has 9 heteroatoms. The normalized spacial score (nSPS) is 12.3. The molecule has 0 atom stereocenters. The quantitative estimate of drug-likeness (QED) is 0.701. The number of nitrogens with two attached hydrogens (primary N) is 1. The van der Waals surface area contributed by atoms with Crippen molar-refractivity contribution in [2.75, 3.05) is 0 Å². The second-order valence-electron chi connectivity index (χ2n) is 5.33. The van der Waals surface area contributed by atoms with Gasteiger partial charge in [0.15, 0.2) is 0 Å². The second kappa shape index (κ2) is 6.54. The van der Waals surface area contributed by atoms with E-state index in [-0.39, 0.29) is 20.5 Å². The molecule has 0 aromatic heterocycles. The number of halogens is 5. The number of allylic oxidation sites excluding steroid dienone is 1. The van der Waals surface area contributed by atoms with Crippen molar-refractivity contribution < 1.29 is 26.0 Å². The van der Waals surface area contributed by atoms with Gasteiger partial charge in [-0.3, -0.25) is 0 Å². The molecular formula is C16H12BrF4NO2S. The summed E-state index contributed by atoms with van der Waals surface area (Å²) in [4.78, 5) is -0.368. The average molecular weight is 438 g/mol. The van der Waals surface area contributed by atoms with E-state index in [4.69, 9.17) is 5.14 Å². The SMILES string of the molecule is C=C(c1cc(F)c(Br)cc1-c1cc(C)ccc1S(N)(=O)=O)C(F)(F)F. The van der Waals surface area contributed by atoms with Gasteiger partial charge in [0.05, 0.1) is 14.9 Å². The van der Waals surface area contributed by atoms with Gasteiger partial charge in [0.1, 0.15) is 5.82 Å². The summed E-state index contributed by atoms with van der Waals surface area (Å²) in [6, 6.07) is 5.75. The summed E-state index contributed by atoms with van der Waals surface area (Å²) in [5.41, 5.74) is -1.49. The maximum Gasteiger partial charge on any atom is 0.416 e. The molecule has 0 bridgehead atoms. The number of sulfonamides is 1. The molecule has 0 heterocycles. The van der Waals surface area contributed by atoms with Crippen molar-refractivity contribution in [3.63, 3.8) is 0 Å². The second-order valence-corrected chi connectivity index (χ2v) is 7.72. The summed E-state index contributed by atoms with van der Waals surface area (Å²) < 4.78 is 76.6. The Labute approximate surface area is 150 Å². The number of hydrogen-bond donors (Lipinski definition) is 1. The minimum Gasteiger partial charge on any atom is -0.225 e. The fourth-order valence-corrected chi connectivity index (χ4v) is 3.35. The fraction of sp³-hybridized carbons (Fsp3) is 0.125. The Hall–Kier alpha value is -1.71. The molecule has 0 aliphatic heterocycles. The summed E-state index contributed by atoms with van der Waals surface area (Å²) in [6.07, 6.45) is -4.82. The van der Waals surface area contributed by atoms with Crippen LogP contribution in [0.2, 0.25) is 0 Å². The van der Waals surface area contributed by atoms with Crippen LogP contribution in [0.4, 0.5) is 17.6 Å². The first-order valence-electron chi connectivity index (χ1n) is 6.71. The van der Waals surface area contributed by atoms with Gasteiger partial charge < -0.3 is 0 Å². The molecule has 0 saturated heterocycles. The van der Waals surface area contributed by atoms with Crippen molar-refractivity contribution in [1.82, 2.24) is 0 Å². The van der Waals surface area contributed by atoms with E-state index in [0.717, 1.165) is 6.07 Å². The zero-order valence-electron chi connectivity index (χ0n) is 12.8. The van der Waals surface area contributed by atoms with Crippen molar-refractivity contribution in [3.8, 4) is 11.1 Å². The first kappa shape index (κ1) is 19.6. The van der Waals surface area contributed by atoms with Crippen LogP contribution in [0.25, 0.3) is 16.7 Å². The molecular weight excluding hydrogens is 426 g/mol. The topological polar surface area (TPSA) is 60.2 Å². The largest absolute Gasteiger partial charge is 0.416 e. The van der Waals surface area contributed by atoms with E-state index in [1.807, 2.05) is 0 Å². The Bertz CT molecular complexity index is 969. The predicted molar refractivity (Wildman–Crippen MR) is 90.7 cm³/mol. The number of alkyl halides is 3. The molecule has 0 aliphatic carbocycles. The Kier molecular flexibility index (Phi) is 5.13. The Balaban J connectivity index is 2.92. The molecule has 0 spiro atoms. The molecule has 0 aliphatic rings. The van der Waals surface area contributed by atoms with Crippen LogP contribution in [-0.4, -0.2) is 14.6 Å². The highest BCUT2D eigenvalue weighted by Gasteiger charge is 2.35. The summed E-state index contributed by atoms with van der Waals surface area (Å²) in [7, 11) is -4.22. The molecule has 0 amide bonds. The number of hydrogen-bond acceptors (Lipinski definition) is 2. The van der Waals surface area contributed by atoms with Gasteiger partial charge in [-0.25, -0.2) is 17.9 Å². The van der Waals surface area contributed by atoms with E-state index in [9.17, 15) is 26.0 Å². The minimum atomic E-state index is -4.82. The molecule has 2 aromatic carbocycles. The average Bonchev–Trinajstić information content (AvgIpc) is 2.46. The molecule has 25 heavy (non-hydrogen) atoms. The lowest BCUT2D eigenvalue weighted by molar-refractivity contribution is -0.0686. The predicted octanol–water partition coefficient (Wildman–Crippen LogP) is 4.79. The lowest BCUT2D eigenvalue weighted by atomic mass is 9.94. The molecule has 3 nitrogen and oxygen atoms in total. The van der Waals surface area contributed by atoms with Crippen LogP contribution in [0.5, 0.6) is 0 Å². The van der Waals surface area contributed by atoms with Crippen molar-refractivity contribution in [2.24, 2.45) is 5.14 Å². The van der Waals surface area contributed by atoms with Crippen LogP contribution in [-0.2, 0) is 10.0 Å². The van der Waals surface area contributed by atoms with Crippen LogP contribution in [0.15, 0.2) is 46.3 Å². The molecule has 2 rings (SSSR count). The van der Waals surface area contributed by atoms with Crippen LogP contribution < -0.4 is 5.14 Å². The lowest BCUT2D eigenvalue weighted by Crippen LogP contribution is -2.15. The van der Waals surface area contributed by atoms with E-state index in [0.29, 0.717) is 11.6 Å². The van der Waals surface area contributed by atoms with Gasteiger partial charge in [-0.2, -0.15) is 13.2 Å². The Morgan fingerprint density at radius 3 is 2.28 bits per heavy atom. The molecule has 0 radical (unpaired) electrons. The lowest BCUT2D eigenvalue weighted by Gasteiger charge is -2.18. The minimum absolute atomic E-state index is 0.0661. The number of aryl methyl sites for hydroxylation is 1. The molecule has 0 unspecified atom stereocenters. The Morgan fingerprint density at radius 1 is 1.16 bits per heavy atom. The van der Waals surface area contributed by atoms with E-state index in [2.05, 4.69) is 22.5 Å². The molecule has 0 fully saturated rings. The summed E-state index contributed by atoms with van der Waals surface area (Å²) in [5, 5.41) is 5.17. The van der Waals surface area contributed by atoms with Gasteiger partial charge in [0.2, 0.25) is 10.0 Å². The highest BCUT2D eigenvalue weighted by molar-refractivity contribution is 9.10. The third kappa shape index (κ3) is 4.10. The van der Waals surface area contributed by atoms with Crippen molar-refractivity contribution in [2.45, 2.75) is 18.0 Å². The monoisotopic (exact) mass is 437 g/mol. The van der Waals surface area contributed by atoms with Crippen LogP contribution in [0.1, 0.15) is 11.1 Å². The number of benzene rings is 2. The summed E-state index contributed by atoms with van der Waals surface area (Å²) in [5.74, 6) is -0.936. The van der Waals surface area contributed by atoms with Crippen molar-refractivity contribution >= 4 is 31.5 Å². The molecule has 2 N–H and O–H groups in total. The van der Waals surface area contributed by atoms with Gasteiger partial charge in [-0.15, -0.1) is 0 Å². The number of primary sulfonamides is 1. The van der Waals surface area contributed by atoms with Crippen molar-refractivity contribution in [1.29, 1.82) is 0 Å². The highest BCUT2D eigenvalue weighted by atomic mass is 79.9. The van der Waals surface area contributed by atoms with E-state index >= 15 is 0 Å². The summed E-state index contributed by atoms with van der Waals surface area (Å²) in [6.45, 7) is 4.61. The van der Waals surface area contributed by atoms with E-state index < -0.39 is 33.2 Å². The third-order valence-corrected chi connectivity index (χ3v) is 5.04. The van der Waals surface area contributed by atoms with Crippen molar-refractivity contribution in [3.05, 3.63) is 58.3 Å². The van der Waals surface area contributed by atoms with E-state index in [1.54, 1.807) is 6.92 Å². The number of rotatable bonds is 3. The van der Waals surface area contributed by atoms with Gasteiger partial charge in [0, 0.05) is 5.56 Å². The zero-order chi connectivity index (χ0) is 19.2. The van der Waals surface area contributed by atoms with Crippen LogP contribution >= 0.6 is 15.9 Å². The maximum atomic E-state index is 13.8. The van der Waals surface area contributed by atoms with Crippen LogP contribution in [0.3, 0.4) is 0 Å². The molecule has 2 aromatic rings. The van der Waals surface area contributed by atoms with Gasteiger partial charge in [0.25, 0.3) is 0 Å². The molecule has 0 saturated carbocycles. The summed E-state index contributed by atoms with van der Waals surface area (Å²) >= 11 is 2.90. The van der Waals surface area contributed by atoms with E-state index in [1.165, 1.54) is 18.2 Å². The Morgan fingerprint density at radius 2 is 1.76 bits per heavy atom. The van der Waals surface area contributed by atoms with Gasteiger partial charge >= 0.3 is 6.18 Å². The highest BCUT2D eigenvalue weighted by Crippen LogP contribution is 2.41. The molecule has 134 valence electrons. The van der Waals surface area contributed by atoms with Gasteiger partial charge in [-0.05, 0) is 52.2 Å². The smallest absolute Gasteiger partial charge is 0.225 e. The zero-order valence-corrected chi connectivity index (χ0v) is 15.2. The maximum absolute atomic E-state index is 13.8. The van der Waals surface area contributed by atoms with Gasteiger partial charge in [-0.1, -0.05) is 24.3 Å².